The topological polar surface area (TPSA) is 105 Å². The Morgan fingerprint density at radius 3 is 2.52 bits per heavy atom. The molecule has 1 aliphatic heterocycles. The van der Waals surface area contributed by atoms with Gasteiger partial charge in [0.05, 0.1) is 23.2 Å². The SMILES string of the molecule is CC(C)CNC(=O)c1ccccc1NC(=O)[C@@H]1CCN(S(C)(=O)=O)c2ccccc2O1. The van der Waals surface area contributed by atoms with Crippen molar-refractivity contribution in [1.82, 2.24) is 5.32 Å². The molecule has 31 heavy (non-hydrogen) atoms. The highest BCUT2D eigenvalue weighted by atomic mass is 32.2. The van der Waals surface area contributed by atoms with E-state index in [0.29, 0.717) is 35.2 Å². The molecule has 0 aliphatic carbocycles. The fourth-order valence-corrected chi connectivity index (χ4v) is 4.20. The maximum absolute atomic E-state index is 13.0. The summed E-state index contributed by atoms with van der Waals surface area (Å²) in [5.41, 5.74) is 1.12. The quantitative estimate of drug-likeness (QED) is 0.711. The Hall–Kier alpha value is -3.07. The van der Waals surface area contributed by atoms with Gasteiger partial charge < -0.3 is 15.4 Å². The van der Waals surface area contributed by atoms with Gasteiger partial charge in [0.15, 0.2) is 6.10 Å². The standard InChI is InChI=1S/C22H27N3O5S/c1-15(2)14-23-21(26)16-8-4-5-9-17(16)24-22(27)20-12-13-25(31(3,28)29)18-10-6-7-11-19(18)30-20/h4-11,15,20H,12-14H2,1-3H3,(H,23,26)(H,24,27)/t20-/m0/s1. The lowest BCUT2D eigenvalue weighted by atomic mass is 10.1. The molecule has 0 saturated heterocycles. The number of nitrogens with zero attached hydrogens (tertiary/aromatic N) is 1. The fraction of sp³-hybridized carbons (Fsp3) is 0.364. The van der Waals surface area contributed by atoms with Crippen molar-refractivity contribution < 1.29 is 22.7 Å². The second-order valence-electron chi connectivity index (χ2n) is 7.84. The number of carbonyl (C=O) groups excluding carboxylic acids is 2. The highest BCUT2D eigenvalue weighted by Gasteiger charge is 2.31. The Morgan fingerprint density at radius 2 is 1.81 bits per heavy atom. The summed E-state index contributed by atoms with van der Waals surface area (Å²) in [6, 6.07) is 13.4. The summed E-state index contributed by atoms with van der Waals surface area (Å²) in [7, 11) is -3.53. The van der Waals surface area contributed by atoms with E-state index in [-0.39, 0.29) is 18.9 Å². The van der Waals surface area contributed by atoms with Crippen LogP contribution < -0.4 is 19.7 Å². The van der Waals surface area contributed by atoms with Crippen LogP contribution in [0.5, 0.6) is 5.75 Å². The van der Waals surface area contributed by atoms with E-state index in [1.165, 1.54) is 4.31 Å². The zero-order chi connectivity index (χ0) is 22.6. The van der Waals surface area contributed by atoms with Crippen LogP contribution in [0.4, 0.5) is 11.4 Å². The first kappa shape index (κ1) is 22.6. The monoisotopic (exact) mass is 445 g/mol. The minimum Gasteiger partial charge on any atom is -0.478 e. The molecule has 2 aromatic rings. The minimum absolute atomic E-state index is 0.102. The molecule has 166 valence electrons. The third-order valence-electron chi connectivity index (χ3n) is 4.79. The number of ether oxygens (including phenoxy) is 1. The van der Waals surface area contributed by atoms with Crippen molar-refractivity contribution >= 4 is 33.2 Å². The van der Waals surface area contributed by atoms with Crippen LogP contribution in [0.3, 0.4) is 0 Å². The number of hydrogen-bond donors (Lipinski definition) is 2. The fourth-order valence-electron chi connectivity index (χ4n) is 3.25. The number of para-hydroxylation sites is 3. The Morgan fingerprint density at radius 1 is 1.13 bits per heavy atom. The maximum Gasteiger partial charge on any atom is 0.265 e. The lowest BCUT2D eigenvalue weighted by Crippen LogP contribution is -2.36. The average molecular weight is 446 g/mol. The van der Waals surface area contributed by atoms with Crippen molar-refractivity contribution in [1.29, 1.82) is 0 Å². The van der Waals surface area contributed by atoms with Crippen LogP contribution in [0.25, 0.3) is 0 Å². The summed E-state index contributed by atoms with van der Waals surface area (Å²) >= 11 is 0. The van der Waals surface area contributed by atoms with E-state index >= 15 is 0 Å². The number of amides is 2. The first-order valence-corrected chi connectivity index (χ1v) is 11.9. The Kier molecular flexibility index (Phi) is 6.84. The summed E-state index contributed by atoms with van der Waals surface area (Å²) in [4.78, 5) is 25.5. The van der Waals surface area contributed by atoms with Gasteiger partial charge in [-0.3, -0.25) is 13.9 Å². The van der Waals surface area contributed by atoms with E-state index in [1.807, 2.05) is 13.8 Å². The average Bonchev–Trinajstić information content (AvgIpc) is 2.92. The summed E-state index contributed by atoms with van der Waals surface area (Å²) in [6.07, 6.45) is 0.366. The first-order chi connectivity index (χ1) is 14.7. The molecular weight excluding hydrogens is 418 g/mol. The van der Waals surface area contributed by atoms with Crippen LogP contribution in [0.15, 0.2) is 48.5 Å². The van der Waals surface area contributed by atoms with Gasteiger partial charge in [-0.25, -0.2) is 8.42 Å². The Balaban J connectivity index is 1.80. The second kappa shape index (κ2) is 9.38. The summed E-state index contributed by atoms with van der Waals surface area (Å²) in [5, 5.41) is 5.61. The van der Waals surface area contributed by atoms with Gasteiger partial charge >= 0.3 is 0 Å². The third-order valence-corrected chi connectivity index (χ3v) is 5.97. The molecule has 3 rings (SSSR count). The van der Waals surface area contributed by atoms with E-state index < -0.39 is 22.0 Å². The van der Waals surface area contributed by atoms with Gasteiger partial charge in [0, 0.05) is 19.5 Å². The first-order valence-electron chi connectivity index (χ1n) is 10.1. The van der Waals surface area contributed by atoms with Gasteiger partial charge in [0.2, 0.25) is 10.0 Å². The number of rotatable bonds is 6. The van der Waals surface area contributed by atoms with Crippen LogP contribution in [-0.4, -0.2) is 45.7 Å². The van der Waals surface area contributed by atoms with Gasteiger partial charge in [-0.05, 0) is 30.2 Å². The number of anilines is 2. The number of fused-ring (bicyclic) bond motifs is 1. The van der Waals surface area contributed by atoms with Gasteiger partial charge in [-0.1, -0.05) is 38.1 Å². The van der Waals surface area contributed by atoms with Crippen LogP contribution in [0.2, 0.25) is 0 Å². The molecule has 0 aromatic heterocycles. The number of benzene rings is 2. The van der Waals surface area contributed by atoms with Crippen LogP contribution in [0.1, 0.15) is 30.6 Å². The predicted octanol–water partition coefficient (Wildman–Crippen LogP) is 2.63. The highest BCUT2D eigenvalue weighted by Crippen LogP contribution is 2.34. The predicted molar refractivity (Wildman–Crippen MR) is 120 cm³/mol. The molecule has 1 aliphatic rings. The molecule has 9 heteroatoms. The molecule has 2 amide bonds. The van der Waals surface area contributed by atoms with Crippen molar-refractivity contribution in [3.63, 3.8) is 0 Å². The van der Waals surface area contributed by atoms with Gasteiger partial charge in [0.1, 0.15) is 5.75 Å². The number of hydrogen-bond acceptors (Lipinski definition) is 5. The van der Waals surface area contributed by atoms with Crippen LogP contribution in [-0.2, 0) is 14.8 Å². The zero-order valence-corrected chi connectivity index (χ0v) is 18.6. The van der Waals surface area contributed by atoms with Gasteiger partial charge in [-0.15, -0.1) is 0 Å². The van der Waals surface area contributed by atoms with Crippen molar-refractivity contribution in [3.8, 4) is 5.75 Å². The smallest absolute Gasteiger partial charge is 0.265 e. The lowest BCUT2D eigenvalue weighted by Gasteiger charge is -2.20. The molecular formula is C22H27N3O5S. The van der Waals surface area contributed by atoms with Crippen molar-refractivity contribution in [2.75, 3.05) is 29.0 Å². The van der Waals surface area contributed by atoms with E-state index in [1.54, 1.807) is 48.5 Å². The zero-order valence-electron chi connectivity index (χ0n) is 17.8. The molecule has 0 unspecified atom stereocenters. The van der Waals surface area contributed by atoms with E-state index in [9.17, 15) is 18.0 Å². The second-order valence-corrected chi connectivity index (χ2v) is 9.74. The van der Waals surface area contributed by atoms with Crippen molar-refractivity contribution in [3.05, 3.63) is 54.1 Å². The molecule has 1 heterocycles. The van der Waals surface area contributed by atoms with E-state index in [2.05, 4.69) is 10.6 Å². The molecule has 0 saturated carbocycles. The van der Waals surface area contributed by atoms with Crippen LogP contribution >= 0.6 is 0 Å². The van der Waals surface area contributed by atoms with Crippen molar-refractivity contribution in [2.45, 2.75) is 26.4 Å². The molecule has 2 aromatic carbocycles. The number of sulfonamides is 1. The number of nitrogens with one attached hydrogen (secondary N) is 2. The largest absolute Gasteiger partial charge is 0.478 e. The molecule has 0 radical (unpaired) electrons. The van der Waals surface area contributed by atoms with E-state index in [0.717, 1.165) is 6.26 Å². The van der Waals surface area contributed by atoms with Crippen LogP contribution in [0, 0.1) is 5.92 Å². The summed E-state index contributed by atoms with van der Waals surface area (Å²) in [6.45, 7) is 4.61. The number of carbonyl (C=O) groups is 2. The Bertz CT molecular complexity index is 1070. The van der Waals surface area contributed by atoms with Gasteiger partial charge in [0.25, 0.3) is 11.8 Å². The normalized spacial score (nSPS) is 16.1. The third kappa shape index (κ3) is 5.55. The molecule has 2 N–H and O–H groups in total. The molecule has 0 fully saturated rings. The van der Waals surface area contributed by atoms with Gasteiger partial charge in [-0.2, -0.15) is 0 Å². The highest BCUT2D eigenvalue weighted by molar-refractivity contribution is 7.92. The molecule has 0 bridgehead atoms. The van der Waals surface area contributed by atoms with Crippen molar-refractivity contribution in [2.24, 2.45) is 5.92 Å². The Labute approximate surface area is 182 Å². The minimum atomic E-state index is -3.53. The summed E-state index contributed by atoms with van der Waals surface area (Å²) in [5.74, 6) is -0.120. The molecule has 1 atom stereocenters. The lowest BCUT2D eigenvalue weighted by molar-refractivity contribution is -0.122. The summed E-state index contributed by atoms with van der Waals surface area (Å²) < 4.78 is 31.6. The van der Waals surface area contributed by atoms with E-state index in [4.69, 9.17) is 4.74 Å². The molecule has 0 spiro atoms. The molecule has 8 nitrogen and oxygen atoms in total. The maximum atomic E-state index is 13.0.